The number of carbonyl (C=O) groups excluding carboxylic acids is 4. The topological polar surface area (TPSA) is 163 Å². The van der Waals surface area contributed by atoms with Crippen LogP contribution < -0.4 is 5.32 Å². The van der Waals surface area contributed by atoms with Gasteiger partial charge in [-0.25, -0.2) is 14.0 Å². The first-order valence-corrected chi connectivity index (χ1v) is 20.0. The minimum atomic E-state index is -3.19. The molecule has 3 fully saturated rings. The summed E-state index contributed by atoms with van der Waals surface area (Å²) in [6, 6.07) is 8.35. The summed E-state index contributed by atoms with van der Waals surface area (Å²) in [7, 11) is 3.65. The van der Waals surface area contributed by atoms with E-state index in [1.54, 1.807) is 40.0 Å². The molecule has 2 N–H and O–H groups in total. The van der Waals surface area contributed by atoms with Gasteiger partial charge in [0.1, 0.15) is 18.0 Å². The number of rotatable bonds is 9. The molecule has 0 unspecified atom stereocenters. The van der Waals surface area contributed by atoms with E-state index in [1.165, 1.54) is 6.92 Å². The Kier molecular flexibility index (Phi) is 13.7. The summed E-state index contributed by atoms with van der Waals surface area (Å²) in [6.07, 6.45) is 0.191. The van der Waals surface area contributed by atoms with Gasteiger partial charge in [0, 0.05) is 35.4 Å². The van der Waals surface area contributed by atoms with Crippen molar-refractivity contribution in [3.05, 3.63) is 48.2 Å². The number of hydrogen-bond donors (Lipinski definition) is 2. The summed E-state index contributed by atoms with van der Waals surface area (Å²) >= 11 is 0. The summed E-state index contributed by atoms with van der Waals surface area (Å²) in [5, 5.41) is 15.3. The maximum absolute atomic E-state index is 17.0. The Morgan fingerprint density at radius 3 is 2.46 bits per heavy atom. The number of aliphatic hydroxyl groups is 1. The number of carbonyl (C=O) groups is 4. The van der Waals surface area contributed by atoms with Crippen molar-refractivity contribution < 1.29 is 52.4 Å². The van der Waals surface area contributed by atoms with Crippen LogP contribution in [0.5, 0.6) is 0 Å². The van der Waals surface area contributed by atoms with E-state index in [-0.39, 0.29) is 37.4 Å². The molecule has 3 aliphatic rings. The second-order valence-corrected chi connectivity index (χ2v) is 16.9. The SMILES string of the molecule is CCC[C@H]1OC(=O)[C@@](C)(F)C(=O)[C@H](C)[C@@H](O[C@@H]2O[C@H](C)C[C@H](N(C)C)[C@H]2O)[C@](C)(OC/C=C/c2cnc3ccccc3c2)C[C@@H](C)C(=O)[C@H](C)[C@H]2NC(=O)O[C@@]21C. The number of esters is 1. The highest BCUT2D eigenvalue weighted by Gasteiger charge is 2.59. The van der Waals surface area contributed by atoms with Crippen LogP contribution in [0.15, 0.2) is 42.6 Å². The maximum atomic E-state index is 17.0. The number of alkyl halides is 1. The lowest BCUT2D eigenvalue weighted by Gasteiger charge is -2.47. The summed E-state index contributed by atoms with van der Waals surface area (Å²) in [5.41, 5.74) is -4.64. The third-order valence-corrected chi connectivity index (χ3v) is 12.1. The first-order valence-electron chi connectivity index (χ1n) is 20.0. The highest BCUT2D eigenvalue weighted by molar-refractivity contribution is 6.08. The van der Waals surface area contributed by atoms with Crippen LogP contribution in [-0.2, 0) is 38.1 Å². The molecule has 1 amide bonds. The normalized spacial score (nSPS) is 38.5. The lowest BCUT2D eigenvalue weighted by Crippen LogP contribution is -2.61. The van der Waals surface area contributed by atoms with E-state index in [0.29, 0.717) is 12.8 Å². The molecule has 1 aromatic heterocycles. The van der Waals surface area contributed by atoms with Crippen molar-refractivity contribution in [2.45, 2.75) is 141 Å². The standard InChI is InChI=1S/C43H60FN3O10/c1-11-15-32-43(8)35(46-40(52)57-43)26(4)33(48)24(2)22-41(6,53-19-14-16-28-21-29-17-12-13-18-30(29)45-23-28)37(27(5)36(50)42(7,44)39(51)55-32)56-38-34(49)31(47(9)10)20-25(3)54-38/h12-14,16-18,21,23-27,31-32,34-35,37-38,49H,11,15,19-20,22H2,1-10H3,(H,46,52)/b16-14+/t24-,25-,26+,27+,31+,32-,34-,35-,37-,38+,41-,42+,43-/m1/s1. The van der Waals surface area contributed by atoms with Gasteiger partial charge in [0.2, 0.25) is 0 Å². The minimum Gasteiger partial charge on any atom is -0.455 e. The quantitative estimate of drug-likeness (QED) is 0.239. The van der Waals surface area contributed by atoms with E-state index in [0.717, 1.165) is 23.4 Å². The Hall–Kier alpha value is -3.82. The molecule has 0 saturated carbocycles. The molecule has 4 heterocycles. The largest absolute Gasteiger partial charge is 0.455 e. The number of ketones is 2. The van der Waals surface area contributed by atoms with E-state index in [9.17, 15) is 24.3 Å². The number of benzene rings is 1. The van der Waals surface area contributed by atoms with E-state index in [1.807, 2.05) is 69.3 Å². The van der Waals surface area contributed by atoms with Gasteiger partial charge >= 0.3 is 12.1 Å². The molecule has 13 atom stereocenters. The zero-order chi connectivity index (χ0) is 42.0. The van der Waals surface area contributed by atoms with Gasteiger partial charge in [0.05, 0.1) is 36.0 Å². The van der Waals surface area contributed by atoms with Gasteiger partial charge in [-0.1, -0.05) is 64.5 Å². The summed E-state index contributed by atoms with van der Waals surface area (Å²) in [6.45, 7) is 12.5. The van der Waals surface area contributed by atoms with Crippen molar-refractivity contribution in [1.29, 1.82) is 0 Å². The van der Waals surface area contributed by atoms with Crippen LogP contribution in [0.2, 0.25) is 0 Å². The van der Waals surface area contributed by atoms with Gasteiger partial charge in [0.15, 0.2) is 17.7 Å². The second-order valence-electron chi connectivity index (χ2n) is 16.9. The van der Waals surface area contributed by atoms with Crippen molar-refractivity contribution in [3.63, 3.8) is 0 Å². The molecule has 0 bridgehead atoms. The van der Waals surface area contributed by atoms with E-state index in [2.05, 4.69) is 10.3 Å². The Labute approximate surface area is 335 Å². The smallest absolute Gasteiger partial charge is 0.408 e. The number of ether oxygens (including phenoxy) is 5. The molecule has 0 spiro atoms. The number of pyridine rings is 1. The molecule has 0 radical (unpaired) electrons. The van der Waals surface area contributed by atoms with Crippen LogP contribution in [0.1, 0.15) is 86.6 Å². The zero-order valence-electron chi connectivity index (χ0n) is 34.8. The molecule has 1 aromatic carbocycles. The molecule has 14 heteroatoms. The van der Waals surface area contributed by atoms with Crippen LogP contribution in [0.3, 0.4) is 0 Å². The summed E-state index contributed by atoms with van der Waals surface area (Å²) < 4.78 is 47.9. The number of nitrogens with one attached hydrogen (secondary N) is 1. The summed E-state index contributed by atoms with van der Waals surface area (Å²) in [5.74, 6) is -5.91. The Morgan fingerprint density at radius 1 is 1.07 bits per heavy atom. The second kappa shape index (κ2) is 17.6. The van der Waals surface area contributed by atoms with Gasteiger partial charge in [-0.2, -0.15) is 0 Å². The average molecular weight is 798 g/mol. The van der Waals surface area contributed by atoms with Crippen molar-refractivity contribution in [2.75, 3.05) is 20.7 Å². The van der Waals surface area contributed by atoms with Crippen LogP contribution in [-0.4, -0.2) is 119 Å². The first kappa shape index (κ1) is 44.3. The van der Waals surface area contributed by atoms with Gasteiger partial charge < -0.3 is 39.0 Å². The molecule has 57 heavy (non-hydrogen) atoms. The van der Waals surface area contributed by atoms with E-state index < -0.39 is 83.1 Å². The number of amides is 1. The lowest BCUT2D eigenvalue weighted by atomic mass is 9.73. The number of aliphatic hydroxyl groups excluding tert-OH is 1. The highest BCUT2D eigenvalue weighted by Crippen LogP contribution is 2.41. The number of para-hydroxylation sites is 1. The van der Waals surface area contributed by atoms with Crippen molar-refractivity contribution in [1.82, 2.24) is 15.2 Å². The molecule has 2 aromatic rings. The number of Topliss-reactive ketones (excluding diaryl/α,β-unsaturated/α-hetero) is 2. The highest BCUT2D eigenvalue weighted by atomic mass is 19.1. The Bertz CT molecular complexity index is 1820. The molecule has 3 aliphatic heterocycles. The Balaban J connectivity index is 1.59. The fourth-order valence-electron chi connectivity index (χ4n) is 8.85. The van der Waals surface area contributed by atoms with Crippen molar-refractivity contribution in [2.24, 2.45) is 17.8 Å². The molecular formula is C43H60FN3O10. The van der Waals surface area contributed by atoms with Crippen LogP contribution in [0.25, 0.3) is 17.0 Å². The third kappa shape index (κ3) is 9.25. The fraction of sp³-hybridized carbons (Fsp3) is 0.651. The number of alkyl carbamates (subject to hydrolysis) is 1. The molecule has 13 nitrogen and oxygen atoms in total. The lowest BCUT2D eigenvalue weighted by molar-refractivity contribution is -0.297. The third-order valence-electron chi connectivity index (χ3n) is 12.1. The molecule has 314 valence electrons. The summed E-state index contributed by atoms with van der Waals surface area (Å²) in [4.78, 5) is 62.0. The number of fused-ring (bicyclic) bond motifs is 2. The predicted molar refractivity (Wildman–Crippen MR) is 211 cm³/mol. The van der Waals surface area contributed by atoms with Crippen LogP contribution in [0.4, 0.5) is 9.18 Å². The monoisotopic (exact) mass is 797 g/mol. The molecule has 0 aliphatic carbocycles. The number of hydrogen-bond acceptors (Lipinski definition) is 12. The van der Waals surface area contributed by atoms with Gasteiger partial charge in [-0.3, -0.25) is 14.6 Å². The van der Waals surface area contributed by atoms with E-state index >= 15 is 4.39 Å². The van der Waals surface area contributed by atoms with Crippen molar-refractivity contribution >= 4 is 40.6 Å². The first-order chi connectivity index (χ1) is 26.7. The number of aromatic nitrogens is 1. The van der Waals surface area contributed by atoms with E-state index in [4.69, 9.17) is 23.7 Å². The minimum absolute atomic E-state index is 0.0381. The van der Waals surface area contributed by atoms with Crippen LogP contribution >= 0.6 is 0 Å². The molecule has 3 saturated heterocycles. The fourth-order valence-corrected chi connectivity index (χ4v) is 8.85. The van der Waals surface area contributed by atoms with Crippen LogP contribution in [0, 0.1) is 17.8 Å². The molecular weight excluding hydrogens is 737 g/mol. The number of halogens is 1. The van der Waals surface area contributed by atoms with Gasteiger partial charge in [0.25, 0.3) is 5.67 Å². The maximum Gasteiger partial charge on any atom is 0.408 e. The van der Waals surface area contributed by atoms with Gasteiger partial charge in [-0.15, -0.1) is 0 Å². The Morgan fingerprint density at radius 2 is 1.77 bits per heavy atom. The van der Waals surface area contributed by atoms with Crippen molar-refractivity contribution in [3.8, 4) is 0 Å². The number of nitrogens with zero attached hydrogens (tertiary/aromatic N) is 2. The number of likely N-dealkylation sites (N-methyl/N-ethyl adjacent to an activating group) is 1. The van der Waals surface area contributed by atoms with Gasteiger partial charge in [-0.05, 0) is 78.7 Å². The average Bonchev–Trinajstić information content (AvgIpc) is 3.48. The zero-order valence-corrected chi connectivity index (χ0v) is 34.8. The predicted octanol–water partition coefficient (Wildman–Crippen LogP) is 5.59. The number of cyclic esters (lactones) is 1. The molecule has 5 rings (SSSR count).